The number of rotatable bonds is 1. The fraction of sp³-hybridized carbons (Fsp3) is 0.0667. The maximum absolute atomic E-state index is 13.7. The van der Waals surface area contributed by atoms with Crippen LogP contribution in [0, 0.1) is 12.7 Å². The number of H-pyrrole nitrogens is 1. The lowest BCUT2D eigenvalue weighted by Gasteiger charge is -1.98. The van der Waals surface area contributed by atoms with Gasteiger partial charge in [-0.05, 0) is 36.8 Å². The first-order chi connectivity index (χ1) is 8.24. The van der Waals surface area contributed by atoms with Crippen LogP contribution in [0.4, 0.5) is 4.39 Å². The van der Waals surface area contributed by atoms with Crippen LogP contribution in [-0.2, 0) is 0 Å². The lowest BCUT2D eigenvalue weighted by Crippen LogP contribution is -1.82. The highest BCUT2D eigenvalue weighted by Gasteiger charge is 2.07. The van der Waals surface area contributed by atoms with Gasteiger partial charge in [-0.2, -0.15) is 0 Å². The summed E-state index contributed by atoms with van der Waals surface area (Å²) in [5, 5.41) is 1.11. The van der Waals surface area contributed by atoms with Gasteiger partial charge in [0.05, 0.1) is 0 Å². The number of benzene rings is 2. The fourth-order valence-corrected chi connectivity index (χ4v) is 2.07. The molecule has 3 aromatic rings. The Morgan fingerprint density at radius 1 is 1.00 bits per heavy atom. The molecule has 0 aliphatic carbocycles. The first-order valence-corrected chi connectivity index (χ1v) is 5.58. The van der Waals surface area contributed by atoms with Gasteiger partial charge in [-0.1, -0.05) is 24.3 Å². The molecule has 0 fully saturated rings. The van der Waals surface area contributed by atoms with Crippen LogP contribution >= 0.6 is 0 Å². The second-order valence-electron chi connectivity index (χ2n) is 4.25. The lowest BCUT2D eigenvalue weighted by molar-refractivity contribution is 0.631. The van der Waals surface area contributed by atoms with Crippen molar-refractivity contribution in [1.29, 1.82) is 0 Å². The molecule has 2 aromatic carbocycles. The topological polar surface area (TPSA) is 15.8 Å². The summed E-state index contributed by atoms with van der Waals surface area (Å²) in [6, 6.07) is 15.0. The van der Waals surface area contributed by atoms with E-state index < -0.39 is 0 Å². The van der Waals surface area contributed by atoms with Crippen molar-refractivity contribution in [2.45, 2.75) is 6.92 Å². The number of halogens is 1. The van der Waals surface area contributed by atoms with Crippen molar-refractivity contribution >= 4 is 10.9 Å². The molecule has 1 heterocycles. The van der Waals surface area contributed by atoms with Gasteiger partial charge in [-0.15, -0.1) is 0 Å². The number of aromatic nitrogens is 1. The van der Waals surface area contributed by atoms with Crippen molar-refractivity contribution in [3.63, 3.8) is 0 Å². The quantitative estimate of drug-likeness (QED) is 0.636. The molecule has 0 radical (unpaired) electrons. The molecule has 84 valence electrons. The zero-order chi connectivity index (χ0) is 11.8. The van der Waals surface area contributed by atoms with Crippen molar-refractivity contribution in [3.8, 4) is 11.3 Å². The van der Waals surface area contributed by atoms with Gasteiger partial charge < -0.3 is 4.98 Å². The molecule has 0 atom stereocenters. The van der Waals surface area contributed by atoms with E-state index in [1.165, 1.54) is 11.6 Å². The van der Waals surface area contributed by atoms with Crippen LogP contribution in [-0.4, -0.2) is 4.98 Å². The van der Waals surface area contributed by atoms with Gasteiger partial charge in [-0.25, -0.2) is 4.39 Å². The van der Waals surface area contributed by atoms with Crippen molar-refractivity contribution < 1.29 is 4.39 Å². The van der Waals surface area contributed by atoms with Crippen LogP contribution in [0.2, 0.25) is 0 Å². The summed E-state index contributed by atoms with van der Waals surface area (Å²) in [5.74, 6) is -0.198. The van der Waals surface area contributed by atoms with Crippen LogP contribution < -0.4 is 0 Å². The van der Waals surface area contributed by atoms with Crippen molar-refractivity contribution in [2.24, 2.45) is 0 Å². The monoisotopic (exact) mass is 225 g/mol. The SMILES string of the molecule is Cc1ccc2cc(-c3ccccc3F)[nH]c2c1. The van der Waals surface area contributed by atoms with Crippen LogP contribution in [0.15, 0.2) is 48.5 Å². The summed E-state index contributed by atoms with van der Waals surface area (Å²) in [6.45, 7) is 2.04. The average Bonchev–Trinajstić information content (AvgIpc) is 2.72. The van der Waals surface area contributed by atoms with E-state index in [9.17, 15) is 4.39 Å². The van der Waals surface area contributed by atoms with E-state index in [0.29, 0.717) is 5.56 Å². The molecule has 0 bridgehead atoms. The second-order valence-corrected chi connectivity index (χ2v) is 4.25. The predicted molar refractivity (Wildman–Crippen MR) is 68.4 cm³/mol. The van der Waals surface area contributed by atoms with Gasteiger partial charge in [0.2, 0.25) is 0 Å². The molecule has 0 aliphatic rings. The fourth-order valence-electron chi connectivity index (χ4n) is 2.07. The van der Waals surface area contributed by atoms with E-state index in [1.54, 1.807) is 12.1 Å². The molecule has 1 N–H and O–H groups in total. The standard InChI is InChI=1S/C15H12FN/c1-10-6-7-11-9-15(17-14(11)8-10)12-4-2-3-5-13(12)16/h2-9,17H,1H3. The molecule has 0 amide bonds. The van der Waals surface area contributed by atoms with Crippen LogP contribution in [0.3, 0.4) is 0 Å². The summed E-state index contributed by atoms with van der Waals surface area (Å²) in [5.41, 5.74) is 3.67. The van der Waals surface area contributed by atoms with Gasteiger partial charge in [0.15, 0.2) is 0 Å². The maximum Gasteiger partial charge on any atom is 0.132 e. The molecule has 1 nitrogen and oxygen atoms in total. The number of hydrogen-bond acceptors (Lipinski definition) is 0. The molecule has 0 saturated carbocycles. The molecule has 0 aliphatic heterocycles. The first kappa shape index (κ1) is 10.1. The van der Waals surface area contributed by atoms with Gasteiger partial charge in [0, 0.05) is 22.2 Å². The van der Waals surface area contributed by atoms with Crippen LogP contribution in [0.1, 0.15) is 5.56 Å². The Balaban J connectivity index is 2.22. The number of aryl methyl sites for hydroxylation is 1. The van der Waals surface area contributed by atoms with Crippen molar-refractivity contribution in [3.05, 3.63) is 59.9 Å². The predicted octanol–water partition coefficient (Wildman–Crippen LogP) is 4.28. The Labute approximate surface area is 98.9 Å². The normalized spacial score (nSPS) is 10.9. The van der Waals surface area contributed by atoms with Gasteiger partial charge >= 0.3 is 0 Å². The van der Waals surface area contributed by atoms with E-state index in [1.807, 2.05) is 25.1 Å². The average molecular weight is 225 g/mol. The van der Waals surface area contributed by atoms with E-state index in [4.69, 9.17) is 0 Å². The van der Waals surface area contributed by atoms with E-state index in [2.05, 4.69) is 17.1 Å². The van der Waals surface area contributed by atoms with Crippen molar-refractivity contribution in [2.75, 3.05) is 0 Å². The largest absolute Gasteiger partial charge is 0.354 e. The Hall–Kier alpha value is -2.09. The highest BCUT2D eigenvalue weighted by atomic mass is 19.1. The maximum atomic E-state index is 13.7. The lowest BCUT2D eigenvalue weighted by atomic mass is 10.1. The number of fused-ring (bicyclic) bond motifs is 1. The Bertz CT molecular complexity index is 682. The molecule has 0 spiro atoms. The minimum atomic E-state index is -0.198. The minimum absolute atomic E-state index is 0.198. The number of hydrogen-bond donors (Lipinski definition) is 1. The van der Waals surface area contributed by atoms with Crippen LogP contribution in [0.25, 0.3) is 22.2 Å². The first-order valence-electron chi connectivity index (χ1n) is 5.58. The van der Waals surface area contributed by atoms with E-state index in [-0.39, 0.29) is 5.82 Å². The van der Waals surface area contributed by atoms with E-state index >= 15 is 0 Å². The molecular weight excluding hydrogens is 213 g/mol. The third-order valence-electron chi connectivity index (χ3n) is 2.94. The van der Waals surface area contributed by atoms with Crippen molar-refractivity contribution in [1.82, 2.24) is 4.98 Å². The summed E-state index contributed by atoms with van der Waals surface area (Å²) in [6.07, 6.45) is 0. The molecule has 2 heteroatoms. The number of aromatic amines is 1. The summed E-state index contributed by atoms with van der Waals surface area (Å²) >= 11 is 0. The highest BCUT2D eigenvalue weighted by Crippen LogP contribution is 2.26. The Morgan fingerprint density at radius 3 is 2.65 bits per heavy atom. The third kappa shape index (κ3) is 1.72. The highest BCUT2D eigenvalue weighted by molar-refractivity contribution is 5.86. The Morgan fingerprint density at radius 2 is 1.82 bits per heavy atom. The smallest absolute Gasteiger partial charge is 0.132 e. The molecule has 0 saturated heterocycles. The third-order valence-corrected chi connectivity index (χ3v) is 2.94. The molecule has 3 rings (SSSR count). The molecule has 0 unspecified atom stereocenters. The summed E-state index contributed by atoms with van der Waals surface area (Å²) < 4.78 is 13.7. The number of nitrogens with one attached hydrogen (secondary N) is 1. The zero-order valence-electron chi connectivity index (χ0n) is 9.50. The van der Waals surface area contributed by atoms with Gasteiger partial charge in [-0.3, -0.25) is 0 Å². The Kier molecular flexibility index (Phi) is 2.22. The van der Waals surface area contributed by atoms with E-state index in [0.717, 1.165) is 16.6 Å². The summed E-state index contributed by atoms with van der Waals surface area (Å²) in [4.78, 5) is 3.25. The van der Waals surface area contributed by atoms with Crippen LogP contribution in [0.5, 0.6) is 0 Å². The molecular formula is C15H12FN. The van der Waals surface area contributed by atoms with Gasteiger partial charge in [0.1, 0.15) is 5.82 Å². The minimum Gasteiger partial charge on any atom is -0.354 e. The zero-order valence-corrected chi connectivity index (χ0v) is 9.50. The molecule has 17 heavy (non-hydrogen) atoms. The molecule has 1 aromatic heterocycles. The van der Waals surface area contributed by atoms with Gasteiger partial charge in [0.25, 0.3) is 0 Å². The summed E-state index contributed by atoms with van der Waals surface area (Å²) in [7, 11) is 0. The second kappa shape index (κ2) is 3.74.